The number of nitrogens with one attached hydrogen (secondary N) is 2. The first kappa shape index (κ1) is 21.5. The van der Waals surface area contributed by atoms with Gasteiger partial charge in [0.1, 0.15) is 5.69 Å². The molecule has 4 N–H and O–H groups in total. The van der Waals surface area contributed by atoms with Crippen molar-refractivity contribution >= 4 is 60.9 Å². The lowest BCUT2D eigenvalue weighted by Gasteiger charge is -2.10. The van der Waals surface area contributed by atoms with Crippen LogP contribution < -0.4 is 15.9 Å². The van der Waals surface area contributed by atoms with Crippen molar-refractivity contribution in [3.05, 3.63) is 68.7 Å². The quantitative estimate of drug-likeness (QED) is 0.271. The summed E-state index contributed by atoms with van der Waals surface area (Å²) < 4.78 is 27.6. The van der Waals surface area contributed by atoms with E-state index in [4.69, 9.17) is 17.3 Å². The molecule has 0 aliphatic carbocycles. The zero-order valence-corrected chi connectivity index (χ0v) is 17.8. The van der Waals surface area contributed by atoms with Gasteiger partial charge in [0.05, 0.1) is 26.9 Å². The molecule has 3 aromatic rings. The summed E-state index contributed by atoms with van der Waals surface area (Å²) in [5.41, 5.74) is 8.93. The van der Waals surface area contributed by atoms with Gasteiger partial charge in [-0.2, -0.15) is 5.10 Å². The maximum Gasteiger partial charge on any atom is 0.295 e. The number of hydrogen-bond acceptors (Lipinski definition) is 9. The molecule has 156 valence electrons. The second-order valence-electron chi connectivity index (χ2n) is 5.93. The van der Waals surface area contributed by atoms with Crippen LogP contribution in [0.2, 0.25) is 5.02 Å². The van der Waals surface area contributed by atoms with E-state index in [2.05, 4.69) is 20.2 Å². The molecular weight excluding hydrogens is 452 g/mol. The fourth-order valence-electron chi connectivity index (χ4n) is 2.35. The third-order valence-electron chi connectivity index (χ3n) is 3.79. The second kappa shape index (κ2) is 8.65. The van der Waals surface area contributed by atoms with Crippen LogP contribution in [-0.4, -0.2) is 24.0 Å². The smallest absolute Gasteiger partial charge is 0.295 e. The number of thiazole rings is 1. The summed E-state index contributed by atoms with van der Waals surface area (Å²) in [4.78, 5) is 14.6. The lowest BCUT2D eigenvalue weighted by atomic mass is 10.3. The van der Waals surface area contributed by atoms with E-state index in [9.17, 15) is 18.5 Å². The van der Waals surface area contributed by atoms with E-state index in [1.54, 1.807) is 24.4 Å². The van der Waals surface area contributed by atoms with Crippen LogP contribution in [-0.2, 0) is 10.0 Å². The highest BCUT2D eigenvalue weighted by Gasteiger charge is 2.22. The van der Waals surface area contributed by atoms with Crippen molar-refractivity contribution in [1.82, 2.24) is 4.98 Å². The Morgan fingerprint density at radius 2 is 2.07 bits per heavy atom. The van der Waals surface area contributed by atoms with Gasteiger partial charge in [0.2, 0.25) is 0 Å². The molecule has 0 aliphatic rings. The van der Waals surface area contributed by atoms with Gasteiger partial charge in [-0.15, -0.1) is 11.3 Å². The highest BCUT2D eigenvalue weighted by molar-refractivity contribution is 7.92. The number of aromatic nitrogens is 1. The van der Waals surface area contributed by atoms with Crippen LogP contribution in [0.5, 0.6) is 0 Å². The van der Waals surface area contributed by atoms with E-state index in [1.165, 1.54) is 35.6 Å². The van der Waals surface area contributed by atoms with Gasteiger partial charge in [-0.3, -0.25) is 20.3 Å². The van der Waals surface area contributed by atoms with Gasteiger partial charge in [0, 0.05) is 16.5 Å². The molecule has 2 aromatic carbocycles. The Morgan fingerprint density at radius 1 is 1.30 bits per heavy atom. The SMILES string of the molecule is C/C(=N\Nc1ccc(S(=O)(=O)Nc2cccc(Cl)c2)cc1[N+](=O)[O-])c1csc(N)n1. The van der Waals surface area contributed by atoms with Crippen molar-refractivity contribution in [2.24, 2.45) is 5.10 Å². The van der Waals surface area contributed by atoms with Crippen LogP contribution in [0.3, 0.4) is 0 Å². The number of nitrogen functional groups attached to an aromatic ring is 1. The molecule has 0 fully saturated rings. The zero-order chi connectivity index (χ0) is 21.9. The van der Waals surface area contributed by atoms with Crippen LogP contribution in [0.15, 0.2) is 57.8 Å². The number of nitro groups is 1. The Morgan fingerprint density at radius 3 is 2.70 bits per heavy atom. The lowest BCUT2D eigenvalue weighted by molar-refractivity contribution is -0.384. The van der Waals surface area contributed by atoms with Crippen molar-refractivity contribution in [3.8, 4) is 0 Å². The summed E-state index contributed by atoms with van der Waals surface area (Å²) >= 11 is 7.09. The van der Waals surface area contributed by atoms with E-state index >= 15 is 0 Å². The van der Waals surface area contributed by atoms with Crippen molar-refractivity contribution in [2.45, 2.75) is 11.8 Å². The molecule has 0 spiro atoms. The lowest BCUT2D eigenvalue weighted by Crippen LogP contribution is -2.13. The number of halogens is 1. The third-order valence-corrected chi connectivity index (χ3v) is 6.08. The average Bonchev–Trinajstić information content (AvgIpc) is 3.12. The number of anilines is 3. The Hall–Kier alpha value is -3.22. The summed E-state index contributed by atoms with van der Waals surface area (Å²) in [6.45, 7) is 1.65. The number of sulfonamides is 1. The number of nitro benzene ring substituents is 1. The first-order chi connectivity index (χ1) is 14.2. The molecule has 0 aliphatic heterocycles. The summed E-state index contributed by atoms with van der Waals surface area (Å²) in [5.74, 6) is 0. The number of nitrogens with two attached hydrogens (primary N) is 1. The van der Waals surface area contributed by atoms with Gasteiger partial charge >= 0.3 is 0 Å². The first-order valence-corrected chi connectivity index (χ1v) is 11.0. The van der Waals surface area contributed by atoms with Crippen molar-refractivity contribution < 1.29 is 13.3 Å². The van der Waals surface area contributed by atoms with Crippen LogP contribution in [0, 0.1) is 10.1 Å². The first-order valence-electron chi connectivity index (χ1n) is 8.24. The van der Waals surface area contributed by atoms with E-state index in [0.717, 1.165) is 6.07 Å². The summed E-state index contributed by atoms with van der Waals surface area (Å²) in [5, 5.41) is 17.9. The molecule has 0 unspecified atom stereocenters. The number of rotatable bonds is 7. The summed E-state index contributed by atoms with van der Waals surface area (Å²) in [6, 6.07) is 9.54. The highest BCUT2D eigenvalue weighted by atomic mass is 35.5. The molecule has 13 heteroatoms. The van der Waals surface area contributed by atoms with Gasteiger partial charge < -0.3 is 5.73 Å². The standard InChI is InChI=1S/C17H15ClN6O4S2/c1-10(15-9-29-17(19)20-15)21-22-14-6-5-13(8-16(14)24(25)26)30(27,28)23-12-4-2-3-11(18)7-12/h2-9,22-23H,1H3,(H2,19,20)/b21-10+. The highest BCUT2D eigenvalue weighted by Crippen LogP contribution is 2.29. The largest absolute Gasteiger partial charge is 0.375 e. The second-order valence-corrected chi connectivity index (χ2v) is 8.94. The molecule has 0 atom stereocenters. The Balaban J connectivity index is 1.88. The fraction of sp³-hybridized carbons (Fsp3) is 0.0588. The zero-order valence-electron chi connectivity index (χ0n) is 15.4. The van der Waals surface area contributed by atoms with Crippen LogP contribution >= 0.6 is 22.9 Å². The third kappa shape index (κ3) is 5.03. The van der Waals surface area contributed by atoms with Gasteiger partial charge in [-0.05, 0) is 37.3 Å². The van der Waals surface area contributed by atoms with Gasteiger partial charge in [-0.25, -0.2) is 13.4 Å². The monoisotopic (exact) mass is 466 g/mol. The number of hydrazone groups is 1. The molecule has 0 bridgehead atoms. The van der Waals surface area contributed by atoms with Crippen molar-refractivity contribution in [3.63, 3.8) is 0 Å². The van der Waals surface area contributed by atoms with Crippen LogP contribution in [0.1, 0.15) is 12.6 Å². The normalized spacial score (nSPS) is 11.9. The molecule has 0 amide bonds. The minimum Gasteiger partial charge on any atom is -0.375 e. The molecule has 30 heavy (non-hydrogen) atoms. The van der Waals surface area contributed by atoms with E-state index < -0.39 is 20.6 Å². The van der Waals surface area contributed by atoms with Crippen molar-refractivity contribution in [2.75, 3.05) is 15.9 Å². The van der Waals surface area contributed by atoms with E-state index in [0.29, 0.717) is 21.6 Å². The Kier molecular flexibility index (Phi) is 6.20. The Bertz CT molecular complexity index is 1240. The minimum absolute atomic E-state index is 0.0178. The molecule has 0 radical (unpaired) electrons. The number of benzene rings is 2. The average molecular weight is 467 g/mol. The Labute approximate surface area is 180 Å². The molecular formula is C17H15ClN6O4S2. The molecule has 3 rings (SSSR count). The maximum atomic E-state index is 12.6. The van der Waals surface area contributed by atoms with Crippen LogP contribution in [0.4, 0.5) is 22.2 Å². The fourth-order valence-corrected chi connectivity index (χ4v) is 4.21. The van der Waals surface area contributed by atoms with Crippen molar-refractivity contribution in [1.29, 1.82) is 0 Å². The van der Waals surface area contributed by atoms with Gasteiger partial charge in [-0.1, -0.05) is 17.7 Å². The van der Waals surface area contributed by atoms with E-state index in [1.807, 2.05) is 0 Å². The summed E-state index contributed by atoms with van der Waals surface area (Å²) in [6.07, 6.45) is 0. The van der Waals surface area contributed by atoms with Gasteiger partial charge in [0.25, 0.3) is 15.7 Å². The molecule has 10 nitrogen and oxygen atoms in total. The molecule has 1 heterocycles. The minimum atomic E-state index is -4.07. The maximum absolute atomic E-state index is 12.6. The number of nitrogens with zero attached hydrogens (tertiary/aromatic N) is 3. The summed E-state index contributed by atoms with van der Waals surface area (Å²) in [7, 11) is -4.07. The van der Waals surface area contributed by atoms with Gasteiger partial charge in [0.15, 0.2) is 5.13 Å². The molecule has 0 saturated heterocycles. The topological polar surface area (TPSA) is 153 Å². The molecule has 0 saturated carbocycles. The molecule has 1 aromatic heterocycles. The van der Waals surface area contributed by atoms with Crippen LogP contribution in [0.25, 0.3) is 0 Å². The predicted molar refractivity (Wildman–Crippen MR) is 118 cm³/mol. The number of hydrogen-bond donors (Lipinski definition) is 3. The predicted octanol–water partition coefficient (Wildman–Crippen LogP) is 3.92. The van der Waals surface area contributed by atoms with E-state index in [-0.39, 0.29) is 16.3 Å².